The Hall–Kier alpha value is -0.810. The molecule has 0 aliphatic rings. The molecule has 0 fully saturated rings. The minimum Gasteiger partial charge on any atom is -0.374 e. The maximum Gasteiger partial charge on any atom is 0.158 e. The average Bonchev–Trinajstić information content (AvgIpc) is 1.65. The standard InChI is InChI=1S/C4H5NO/c1-2-4(6)3-5/h2,4,6H,1H2. The van der Waals surface area contributed by atoms with Crippen molar-refractivity contribution in [3.63, 3.8) is 0 Å². The summed E-state index contributed by atoms with van der Waals surface area (Å²) in [7, 11) is 0. The van der Waals surface area contributed by atoms with Crippen LogP contribution in [-0.4, -0.2) is 11.2 Å². The van der Waals surface area contributed by atoms with Crippen LogP contribution in [0.4, 0.5) is 0 Å². The second-order valence-electron chi connectivity index (χ2n) is 0.810. The molecular weight excluding hydrogens is 78.1 g/mol. The lowest BCUT2D eigenvalue weighted by molar-refractivity contribution is 0.279. The van der Waals surface area contributed by atoms with Gasteiger partial charge in [-0.2, -0.15) is 5.26 Å². The Morgan fingerprint density at radius 1 is 2.00 bits per heavy atom. The highest BCUT2D eigenvalue weighted by molar-refractivity contribution is 4.95. The van der Waals surface area contributed by atoms with E-state index >= 15 is 0 Å². The molecule has 1 N–H and O–H groups in total. The largest absolute Gasteiger partial charge is 0.374 e. The van der Waals surface area contributed by atoms with E-state index in [1.807, 2.05) is 0 Å². The third-order valence-corrected chi connectivity index (χ3v) is 0.356. The van der Waals surface area contributed by atoms with Crippen molar-refractivity contribution in [2.24, 2.45) is 0 Å². The predicted molar refractivity (Wildman–Crippen MR) is 21.8 cm³/mol. The summed E-state index contributed by atoms with van der Waals surface area (Å²) in [6, 6.07) is 1.55. The summed E-state index contributed by atoms with van der Waals surface area (Å²) in [5.74, 6) is 0. The molecule has 0 aromatic heterocycles. The van der Waals surface area contributed by atoms with Gasteiger partial charge in [-0.3, -0.25) is 0 Å². The van der Waals surface area contributed by atoms with Gasteiger partial charge in [-0.1, -0.05) is 6.58 Å². The molecule has 1 unspecified atom stereocenters. The molecule has 6 heavy (non-hydrogen) atoms. The number of nitriles is 1. The molecule has 1 atom stereocenters. The van der Waals surface area contributed by atoms with E-state index < -0.39 is 6.10 Å². The van der Waals surface area contributed by atoms with Gasteiger partial charge in [0, 0.05) is 0 Å². The zero-order valence-corrected chi connectivity index (χ0v) is 3.26. The number of hydrogen-bond donors (Lipinski definition) is 1. The zero-order chi connectivity index (χ0) is 4.99. The van der Waals surface area contributed by atoms with Crippen molar-refractivity contribution in [1.29, 1.82) is 5.26 Å². The molecule has 0 radical (unpaired) electrons. The van der Waals surface area contributed by atoms with Crippen LogP contribution in [0.2, 0.25) is 0 Å². The van der Waals surface area contributed by atoms with E-state index in [9.17, 15) is 0 Å². The molecule has 2 heteroatoms. The van der Waals surface area contributed by atoms with Crippen LogP contribution in [0, 0.1) is 11.3 Å². The fourth-order valence-electron chi connectivity index (χ4n) is 0.0527. The van der Waals surface area contributed by atoms with E-state index in [0.717, 1.165) is 0 Å². The first kappa shape index (κ1) is 5.19. The fraction of sp³-hybridized carbons (Fsp3) is 0.250. The maximum absolute atomic E-state index is 8.19. The number of aliphatic hydroxyl groups excluding tert-OH is 1. The quantitative estimate of drug-likeness (QED) is 0.360. The smallest absolute Gasteiger partial charge is 0.158 e. The number of nitrogens with zero attached hydrogens (tertiary/aromatic N) is 1. The molecule has 0 spiro atoms. The Morgan fingerprint density at radius 2 is 2.50 bits per heavy atom. The molecule has 0 saturated heterocycles. The first-order valence-corrected chi connectivity index (χ1v) is 1.51. The maximum atomic E-state index is 8.19. The molecule has 0 aromatic carbocycles. The van der Waals surface area contributed by atoms with E-state index in [1.165, 1.54) is 6.08 Å². The topological polar surface area (TPSA) is 44.0 Å². The number of hydrogen-bond acceptors (Lipinski definition) is 2. The van der Waals surface area contributed by atoms with Gasteiger partial charge in [0.05, 0.1) is 6.07 Å². The minimum atomic E-state index is -0.995. The summed E-state index contributed by atoms with van der Waals surface area (Å²) in [5.41, 5.74) is 0. The highest BCUT2D eigenvalue weighted by Crippen LogP contribution is 1.74. The van der Waals surface area contributed by atoms with Crippen molar-refractivity contribution in [3.05, 3.63) is 12.7 Å². The van der Waals surface area contributed by atoms with E-state index in [2.05, 4.69) is 6.58 Å². The van der Waals surface area contributed by atoms with Gasteiger partial charge in [0.25, 0.3) is 0 Å². The van der Waals surface area contributed by atoms with Gasteiger partial charge in [0.1, 0.15) is 0 Å². The van der Waals surface area contributed by atoms with Crippen LogP contribution in [0.25, 0.3) is 0 Å². The van der Waals surface area contributed by atoms with Crippen LogP contribution in [0.3, 0.4) is 0 Å². The molecule has 0 heterocycles. The van der Waals surface area contributed by atoms with Gasteiger partial charge in [0.15, 0.2) is 6.10 Å². The molecule has 0 amide bonds. The van der Waals surface area contributed by atoms with E-state index in [1.54, 1.807) is 6.07 Å². The number of aliphatic hydroxyl groups is 1. The van der Waals surface area contributed by atoms with Crippen LogP contribution in [0.15, 0.2) is 12.7 Å². The first-order valence-electron chi connectivity index (χ1n) is 1.51. The summed E-state index contributed by atoms with van der Waals surface area (Å²) in [5, 5.41) is 16.0. The summed E-state index contributed by atoms with van der Waals surface area (Å²) in [6.07, 6.45) is 0.171. The highest BCUT2D eigenvalue weighted by Gasteiger charge is 1.85. The van der Waals surface area contributed by atoms with Gasteiger partial charge in [-0.25, -0.2) is 0 Å². The molecular formula is C4H5NO. The van der Waals surface area contributed by atoms with Crippen LogP contribution in [0.1, 0.15) is 0 Å². The van der Waals surface area contributed by atoms with Crippen LogP contribution < -0.4 is 0 Å². The Kier molecular flexibility index (Phi) is 2.10. The summed E-state index contributed by atoms with van der Waals surface area (Å²) >= 11 is 0. The van der Waals surface area contributed by atoms with Gasteiger partial charge >= 0.3 is 0 Å². The van der Waals surface area contributed by atoms with Gasteiger partial charge in [0.2, 0.25) is 0 Å². The van der Waals surface area contributed by atoms with Crippen LogP contribution in [-0.2, 0) is 0 Å². The lowest BCUT2D eigenvalue weighted by atomic mass is 10.4. The molecule has 0 aliphatic heterocycles. The molecule has 32 valence electrons. The molecule has 0 aromatic rings. The molecule has 0 bridgehead atoms. The van der Waals surface area contributed by atoms with Crippen molar-refractivity contribution >= 4 is 0 Å². The second-order valence-corrected chi connectivity index (χ2v) is 0.810. The zero-order valence-electron chi connectivity index (χ0n) is 3.26. The normalized spacial score (nSPS) is 12.0. The fourth-order valence-corrected chi connectivity index (χ4v) is 0.0527. The third-order valence-electron chi connectivity index (χ3n) is 0.356. The molecule has 0 aliphatic carbocycles. The van der Waals surface area contributed by atoms with Gasteiger partial charge < -0.3 is 5.11 Å². The van der Waals surface area contributed by atoms with Crippen molar-refractivity contribution < 1.29 is 5.11 Å². The summed E-state index contributed by atoms with van der Waals surface area (Å²) < 4.78 is 0. The Labute approximate surface area is 36.3 Å². The first-order chi connectivity index (χ1) is 2.81. The lowest BCUT2D eigenvalue weighted by Crippen LogP contribution is -1.93. The van der Waals surface area contributed by atoms with Gasteiger partial charge in [-0.15, -0.1) is 0 Å². The van der Waals surface area contributed by atoms with Crippen LogP contribution in [0.5, 0.6) is 0 Å². The SMILES string of the molecule is C=CC(O)C#N. The van der Waals surface area contributed by atoms with Crippen LogP contribution >= 0.6 is 0 Å². The highest BCUT2D eigenvalue weighted by atomic mass is 16.3. The third kappa shape index (κ3) is 1.50. The molecule has 2 nitrogen and oxygen atoms in total. The average molecular weight is 83.1 g/mol. The van der Waals surface area contributed by atoms with E-state index in [0.29, 0.717) is 0 Å². The summed E-state index contributed by atoms with van der Waals surface area (Å²) in [4.78, 5) is 0. The Balaban J connectivity index is 3.30. The van der Waals surface area contributed by atoms with Gasteiger partial charge in [-0.05, 0) is 6.08 Å². The van der Waals surface area contributed by atoms with Crippen molar-refractivity contribution in [1.82, 2.24) is 0 Å². The predicted octanol–water partition coefficient (Wildman–Crippen LogP) is 0.0569. The second kappa shape index (κ2) is 2.43. The number of rotatable bonds is 1. The van der Waals surface area contributed by atoms with E-state index in [-0.39, 0.29) is 0 Å². The monoisotopic (exact) mass is 83.0 g/mol. The molecule has 0 saturated carbocycles. The van der Waals surface area contributed by atoms with Crippen molar-refractivity contribution in [2.45, 2.75) is 6.10 Å². The van der Waals surface area contributed by atoms with E-state index in [4.69, 9.17) is 10.4 Å². The Morgan fingerprint density at radius 3 is 2.50 bits per heavy atom. The lowest BCUT2D eigenvalue weighted by Gasteiger charge is -1.81. The Bertz CT molecular complexity index is 82.0. The molecule has 0 rings (SSSR count). The van der Waals surface area contributed by atoms with Crippen molar-refractivity contribution in [3.8, 4) is 6.07 Å². The summed E-state index contributed by atoms with van der Waals surface area (Å²) in [6.45, 7) is 3.16. The minimum absolute atomic E-state index is 0.995. The van der Waals surface area contributed by atoms with Crippen molar-refractivity contribution in [2.75, 3.05) is 0 Å².